The fourth-order valence-electron chi connectivity index (χ4n) is 4.33. The maximum absolute atomic E-state index is 10.6. The van der Waals surface area contributed by atoms with Crippen molar-refractivity contribution in [1.82, 2.24) is 0 Å². The third-order valence-electron chi connectivity index (χ3n) is 5.61. The molecule has 100 valence electrons. The van der Waals surface area contributed by atoms with Gasteiger partial charge in [-0.15, -0.1) is 0 Å². The molecule has 17 heavy (non-hydrogen) atoms. The molecule has 0 saturated heterocycles. The highest BCUT2D eigenvalue weighted by Gasteiger charge is 2.52. The molecule has 2 rings (SSSR count). The molecular weight excluding hydrogens is 212 g/mol. The molecule has 0 aromatic heterocycles. The zero-order chi connectivity index (χ0) is 12.9. The van der Waals surface area contributed by atoms with Gasteiger partial charge in [0.25, 0.3) is 0 Å². The lowest BCUT2D eigenvalue weighted by Crippen LogP contribution is -2.53. The number of aliphatic hydroxyl groups is 2. The average Bonchev–Trinajstić information content (AvgIpc) is 2.14. The van der Waals surface area contributed by atoms with E-state index in [9.17, 15) is 10.2 Å². The third kappa shape index (κ3) is 2.39. The molecule has 0 amide bonds. The second-order valence-corrected chi connectivity index (χ2v) is 7.54. The first-order valence-electron chi connectivity index (χ1n) is 7.10. The highest BCUT2D eigenvalue weighted by Crippen LogP contribution is 2.56. The van der Waals surface area contributed by atoms with Crippen LogP contribution in [0.2, 0.25) is 0 Å². The van der Waals surface area contributed by atoms with Crippen molar-refractivity contribution in [1.29, 1.82) is 0 Å². The molecule has 2 saturated carbocycles. The smallest absolute Gasteiger partial charge is 0.0653 e. The fourth-order valence-corrected chi connectivity index (χ4v) is 4.33. The topological polar surface area (TPSA) is 40.5 Å². The zero-order valence-electron chi connectivity index (χ0n) is 11.8. The van der Waals surface area contributed by atoms with Gasteiger partial charge in [-0.3, -0.25) is 0 Å². The van der Waals surface area contributed by atoms with Crippen LogP contribution >= 0.6 is 0 Å². The summed E-state index contributed by atoms with van der Waals surface area (Å²) < 4.78 is 0. The van der Waals surface area contributed by atoms with Crippen molar-refractivity contribution in [3.05, 3.63) is 0 Å². The highest BCUT2D eigenvalue weighted by atomic mass is 16.3. The Morgan fingerprint density at radius 2 is 1.76 bits per heavy atom. The van der Waals surface area contributed by atoms with E-state index in [-0.39, 0.29) is 0 Å². The standard InChI is InChI=1S/C15H28O2/c1-13(2,16)11-6-9-14(3)7-5-8-15(4,17)12(14)10-11/h11-12,16-17H,5-10H2,1-4H3/t11-,12-,14+,15-/m0/s1. The normalized spacial score (nSPS) is 47.6. The molecule has 0 bridgehead atoms. The molecule has 0 spiro atoms. The summed E-state index contributed by atoms with van der Waals surface area (Å²) in [6.45, 7) is 8.17. The first kappa shape index (κ1) is 13.4. The van der Waals surface area contributed by atoms with Crippen LogP contribution in [-0.4, -0.2) is 21.4 Å². The van der Waals surface area contributed by atoms with E-state index in [1.165, 1.54) is 6.42 Å². The van der Waals surface area contributed by atoms with Crippen molar-refractivity contribution in [2.24, 2.45) is 17.3 Å². The Hall–Kier alpha value is -0.0800. The van der Waals surface area contributed by atoms with Gasteiger partial charge in [0, 0.05) is 0 Å². The fraction of sp³-hybridized carbons (Fsp3) is 1.00. The first-order chi connectivity index (χ1) is 7.65. The maximum atomic E-state index is 10.6. The number of hydrogen-bond acceptors (Lipinski definition) is 2. The second kappa shape index (κ2) is 3.96. The van der Waals surface area contributed by atoms with Gasteiger partial charge in [-0.25, -0.2) is 0 Å². The summed E-state index contributed by atoms with van der Waals surface area (Å²) in [7, 11) is 0. The molecule has 0 unspecified atom stereocenters. The molecule has 0 radical (unpaired) electrons. The molecule has 2 fully saturated rings. The Morgan fingerprint density at radius 3 is 2.35 bits per heavy atom. The van der Waals surface area contributed by atoms with Gasteiger partial charge < -0.3 is 10.2 Å². The summed E-state index contributed by atoms with van der Waals surface area (Å²) in [6.07, 6.45) is 6.55. The molecule has 0 aromatic carbocycles. The van der Waals surface area contributed by atoms with Gasteiger partial charge in [-0.2, -0.15) is 0 Å². The van der Waals surface area contributed by atoms with Crippen molar-refractivity contribution in [2.45, 2.75) is 77.4 Å². The van der Waals surface area contributed by atoms with Gasteiger partial charge in [0.2, 0.25) is 0 Å². The molecule has 4 atom stereocenters. The van der Waals surface area contributed by atoms with E-state index in [4.69, 9.17) is 0 Å². The number of hydrogen-bond donors (Lipinski definition) is 2. The molecular formula is C15H28O2. The largest absolute Gasteiger partial charge is 0.390 e. The Morgan fingerprint density at radius 1 is 1.12 bits per heavy atom. The summed E-state index contributed by atoms with van der Waals surface area (Å²) in [5.74, 6) is 0.694. The van der Waals surface area contributed by atoms with E-state index >= 15 is 0 Å². The van der Waals surface area contributed by atoms with Crippen LogP contribution in [0.1, 0.15) is 66.2 Å². The minimum Gasteiger partial charge on any atom is -0.390 e. The Labute approximate surface area is 105 Å². The summed E-state index contributed by atoms with van der Waals surface area (Å²) in [5.41, 5.74) is -0.838. The summed E-state index contributed by atoms with van der Waals surface area (Å²) in [5, 5.41) is 20.8. The van der Waals surface area contributed by atoms with E-state index in [0.717, 1.165) is 32.1 Å². The predicted molar refractivity (Wildman–Crippen MR) is 69.7 cm³/mol. The lowest BCUT2D eigenvalue weighted by molar-refractivity contribution is -0.143. The van der Waals surface area contributed by atoms with Gasteiger partial charge in [-0.1, -0.05) is 13.3 Å². The number of fused-ring (bicyclic) bond motifs is 1. The van der Waals surface area contributed by atoms with Crippen molar-refractivity contribution in [2.75, 3.05) is 0 Å². The van der Waals surface area contributed by atoms with E-state index < -0.39 is 11.2 Å². The van der Waals surface area contributed by atoms with Crippen LogP contribution in [0, 0.1) is 17.3 Å². The van der Waals surface area contributed by atoms with Gasteiger partial charge in [0.15, 0.2) is 0 Å². The van der Waals surface area contributed by atoms with Crippen LogP contribution in [0.5, 0.6) is 0 Å². The lowest BCUT2D eigenvalue weighted by Gasteiger charge is -2.55. The van der Waals surface area contributed by atoms with Crippen molar-refractivity contribution >= 4 is 0 Å². The van der Waals surface area contributed by atoms with Crippen molar-refractivity contribution in [3.8, 4) is 0 Å². The van der Waals surface area contributed by atoms with Gasteiger partial charge >= 0.3 is 0 Å². The molecule has 2 aliphatic carbocycles. The van der Waals surface area contributed by atoms with Gasteiger partial charge in [-0.05, 0) is 70.1 Å². The molecule has 0 aromatic rings. The minimum absolute atomic E-state index is 0.295. The van der Waals surface area contributed by atoms with Crippen LogP contribution in [0.15, 0.2) is 0 Å². The van der Waals surface area contributed by atoms with Crippen LogP contribution < -0.4 is 0 Å². The SMILES string of the molecule is CC(C)(O)[C@H]1CC[C@@]2(C)CCC[C@](C)(O)[C@H]2C1. The maximum Gasteiger partial charge on any atom is 0.0653 e. The van der Waals surface area contributed by atoms with Crippen LogP contribution in [-0.2, 0) is 0 Å². The Kier molecular flexibility index (Phi) is 3.11. The lowest BCUT2D eigenvalue weighted by atomic mass is 9.52. The van der Waals surface area contributed by atoms with E-state index in [0.29, 0.717) is 17.3 Å². The Balaban J connectivity index is 2.20. The van der Waals surface area contributed by atoms with Crippen LogP contribution in [0.3, 0.4) is 0 Å². The van der Waals surface area contributed by atoms with E-state index in [2.05, 4.69) is 6.92 Å². The molecule has 2 nitrogen and oxygen atoms in total. The van der Waals surface area contributed by atoms with E-state index in [1.54, 1.807) is 0 Å². The molecule has 0 aliphatic heterocycles. The van der Waals surface area contributed by atoms with E-state index in [1.807, 2.05) is 20.8 Å². The first-order valence-corrected chi connectivity index (χ1v) is 7.10. The molecule has 2 N–H and O–H groups in total. The van der Waals surface area contributed by atoms with Crippen molar-refractivity contribution in [3.63, 3.8) is 0 Å². The van der Waals surface area contributed by atoms with Crippen LogP contribution in [0.4, 0.5) is 0 Å². The van der Waals surface area contributed by atoms with Crippen LogP contribution in [0.25, 0.3) is 0 Å². The zero-order valence-corrected chi connectivity index (χ0v) is 11.8. The second-order valence-electron chi connectivity index (χ2n) is 7.54. The summed E-state index contributed by atoms with van der Waals surface area (Å²) in [4.78, 5) is 0. The molecule has 0 heterocycles. The monoisotopic (exact) mass is 240 g/mol. The predicted octanol–water partition coefficient (Wildman–Crippen LogP) is 3.11. The summed E-state index contributed by atoms with van der Waals surface area (Å²) >= 11 is 0. The number of rotatable bonds is 1. The minimum atomic E-state index is -0.602. The Bertz CT molecular complexity index is 290. The average molecular weight is 240 g/mol. The van der Waals surface area contributed by atoms with Gasteiger partial charge in [0.05, 0.1) is 11.2 Å². The highest BCUT2D eigenvalue weighted by molar-refractivity contribution is 5.03. The van der Waals surface area contributed by atoms with Crippen molar-refractivity contribution < 1.29 is 10.2 Å². The third-order valence-corrected chi connectivity index (χ3v) is 5.61. The quantitative estimate of drug-likeness (QED) is 0.739. The molecule has 2 aliphatic rings. The molecule has 2 heteroatoms. The summed E-state index contributed by atoms with van der Waals surface area (Å²) in [6, 6.07) is 0. The van der Waals surface area contributed by atoms with Gasteiger partial charge in [0.1, 0.15) is 0 Å².